The number of amides is 2. The molecular formula is C33H42ClN3O4S. The van der Waals surface area contributed by atoms with Crippen molar-refractivity contribution in [1.82, 2.24) is 10.2 Å². The van der Waals surface area contributed by atoms with Crippen LogP contribution in [-0.2, 0) is 32.6 Å². The minimum absolute atomic E-state index is 0.0454. The summed E-state index contributed by atoms with van der Waals surface area (Å²) in [6.07, 6.45) is 2.61. The molecule has 0 fully saturated rings. The topological polar surface area (TPSA) is 86.8 Å². The van der Waals surface area contributed by atoms with E-state index in [0.29, 0.717) is 22.7 Å². The van der Waals surface area contributed by atoms with Crippen LogP contribution in [0.2, 0.25) is 5.02 Å². The third kappa shape index (κ3) is 9.33. The highest BCUT2D eigenvalue weighted by atomic mass is 35.5. The van der Waals surface area contributed by atoms with E-state index in [2.05, 4.69) is 5.32 Å². The van der Waals surface area contributed by atoms with E-state index in [1.54, 1.807) is 30.0 Å². The number of benzene rings is 3. The molecule has 0 aliphatic rings. The van der Waals surface area contributed by atoms with Gasteiger partial charge in [-0.3, -0.25) is 13.9 Å². The molecule has 0 saturated heterocycles. The van der Waals surface area contributed by atoms with Gasteiger partial charge in [-0.25, -0.2) is 8.42 Å². The second-order valence-corrected chi connectivity index (χ2v) is 13.2. The predicted octanol–water partition coefficient (Wildman–Crippen LogP) is 6.06. The van der Waals surface area contributed by atoms with E-state index < -0.39 is 16.1 Å². The van der Waals surface area contributed by atoms with E-state index in [1.165, 1.54) is 4.31 Å². The van der Waals surface area contributed by atoms with E-state index in [0.717, 1.165) is 29.4 Å². The largest absolute Gasteiger partial charge is 0.352 e. The van der Waals surface area contributed by atoms with Crippen LogP contribution in [-0.4, -0.2) is 50.0 Å². The third-order valence-corrected chi connectivity index (χ3v) is 8.96. The number of anilines is 1. The van der Waals surface area contributed by atoms with E-state index in [-0.39, 0.29) is 43.8 Å². The van der Waals surface area contributed by atoms with Crippen molar-refractivity contribution in [1.29, 1.82) is 0 Å². The number of sulfonamides is 1. The highest BCUT2D eigenvalue weighted by Gasteiger charge is 2.31. The molecule has 3 aromatic rings. The number of nitrogens with zero attached hydrogens (tertiary/aromatic N) is 2. The smallest absolute Gasteiger partial charge is 0.243 e. The van der Waals surface area contributed by atoms with Crippen molar-refractivity contribution >= 4 is 39.1 Å². The van der Waals surface area contributed by atoms with Gasteiger partial charge in [-0.15, -0.1) is 0 Å². The van der Waals surface area contributed by atoms with Crippen LogP contribution in [0.4, 0.5) is 5.69 Å². The van der Waals surface area contributed by atoms with Crippen molar-refractivity contribution in [2.24, 2.45) is 0 Å². The maximum absolute atomic E-state index is 14.0. The van der Waals surface area contributed by atoms with Gasteiger partial charge >= 0.3 is 0 Å². The zero-order chi connectivity index (χ0) is 30.9. The van der Waals surface area contributed by atoms with Crippen LogP contribution < -0.4 is 9.62 Å². The number of carbonyl (C=O) groups excluding carboxylic acids is 2. The Morgan fingerprint density at radius 1 is 0.952 bits per heavy atom. The first-order valence-electron chi connectivity index (χ1n) is 14.3. The quantitative estimate of drug-likeness (QED) is 0.240. The summed E-state index contributed by atoms with van der Waals surface area (Å²) in [5.74, 6) is -0.422. The highest BCUT2D eigenvalue weighted by molar-refractivity contribution is 7.92. The minimum Gasteiger partial charge on any atom is -0.352 e. The lowest BCUT2D eigenvalue weighted by Crippen LogP contribution is -2.52. The molecule has 42 heavy (non-hydrogen) atoms. The normalized spacial score (nSPS) is 12.8. The summed E-state index contributed by atoms with van der Waals surface area (Å²) in [7, 11) is -3.63. The van der Waals surface area contributed by atoms with E-state index in [1.807, 2.05) is 75.4 Å². The first kappa shape index (κ1) is 33.1. The van der Waals surface area contributed by atoms with Crippen LogP contribution in [0.25, 0.3) is 0 Å². The average Bonchev–Trinajstić information content (AvgIpc) is 2.94. The number of rotatable bonds is 14. The highest BCUT2D eigenvalue weighted by Crippen LogP contribution is 2.28. The molecule has 0 aliphatic heterocycles. The molecule has 0 aliphatic carbocycles. The molecule has 0 heterocycles. The zero-order valence-electron chi connectivity index (χ0n) is 25.1. The van der Waals surface area contributed by atoms with Gasteiger partial charge in [0.2, 0.25) is 21.8 Å². The average molecular weight is 612 g/mol. The van der Waals surface area contributed by atoms with Crippen LogP contribution in [0.3, 0.4) is 0 Å². The van der Waals surface area contributed by atoms with Gasteiger partial charge in [-0.05, 0) is 62.4 Å². The number of hydrogen-bond donors (Lipinski definition) is 1. The van der Waals surface area contributed by atoms with Gasteiger partial charge in [0.25, 0.3) is 0 Å². The maximum atomic E-state index is 14.0. The fraction of sp³-hybridized carbons (Fsp3) is 0.394. The second kappa shape index (κ2) is 15.2. The molecule has 3 rings (SSSR count). The molecule has 2 amide bonds. The summed E-state index contributed by atoms with van der Waals surface area (Å²) in [6, 6.07) is 21.9. The van der Waals surface area contributed by atoms with Crippen molar-refractivity contribution in [2.45, 2.75) is 72.0 Å². The third-order valence-electron chi connectivity index (χ3n) is 7.37. The Labute approximate surface area is 255 Å². The molecule has 0 unspecified atom stereocenters. The second-order valence-electron chi connectivity index (χ2n) is 10.9. The van der Waals surface area contributed by atoms with Crippen molar-refractivity contribution in [3.8, 4) is 0 Å². The van der Waals surface area contributed by atoms with Gasteiger partial charge in [-0.2, -0.15) is 0 Å². The van der Waals surface area contributed by atoms with Crippen LogP contribution in [0.5, 0.6) is 0 Å². The molecule has 0 radical (unpaired) electrons. The standard InChI is InChI=1S/C33H42ClN3O4S/c1-6-25(3)35-33(39)31(22-27-14-8-7-9-15-27)36(23-28-16-10-13-24(2)21-28)32(38)19-12-20-37(42(5,40)41)30-18-11-17-29(34)26(30)4/h7-11,13-18,21,25,31H,6,12,19-20,22-23H2,1-5H3,(H,35,39)/t25-,31+/m0/s1. The lowest BCUT2D eigenvalue weighted by atomic mass is 10.0. The molecule has 7 nitrogen and oxygen atoms in total. The fourth-order valence-electron chi connectivity index (χ4n) is 4.85. The number of halogens is 1. The van der Waals surface area contributed by atoms with Crippen LogP contribution in [0, 0.1) is 13.8 Å². The lowest BCUT2D eigenvalue weighted by molar-refractivity contribution is -0.141. The van der Waals surface area contributed by atoms with E-state index >= 15 is 0 Å². The first-order valence-corrected chi connectivity index (χ1v) is 16.6. The van der Waals surface area contributed by atoms with E-state index in [9.17, 15) is 18.0 Å². The molecular weight excluding hydrogens is 570 g/mol. The molecule has 0 saturated carbocycles. The van der Waals surface area contributed by atoms with Crippen molar-refractivity contribution < 1.29 is 18.0 Å². The van der Waals surface area contributed by atoms with Crippen molar-refractivity contribution in [3.63, 3.8) is 0 Å². The molecule has 226 valence electrons. The van der Waals surface area contributed by atoms with E-state index in [4.69, 9.17) is 11.6 Å². The zero-order valence-corrected chi connectivity index (χ0v) is 26.7. The first-order chi connectivity index (χ1) is 19.9. The van der Waals surface area contributed by atoms with Crippen LogP contribution in [0.15, 0.2) is 72.8 Å². The molecule has 3 aromatic carbocycles. The maximum Gasteiger partial charge on any atom is 0.243 e. The molecule has 9 heteroatoms. The number of hydrogen-bond acceptors (Lipinski definition) is 4. The Bertz CT molecular complexity index is 1460. The number of aryl methyl sites for hydroxylation is 1. The summed E-state index contributed by atoms with van der Waals surface area (Å²) in [5, 5.41) is 3.55. The SMILES string of the molecule is CC[C@H](C)NC(=O)[C@@H](Cc1ccccc1)N(Cc1cccc(C)c1)C(=O)CCCN(c1cccc(Cl)c1C)S(C)(=O)=O. The van der Waals surface area contributed by atoms with Gasteiger partial charge in [0.1, 0.15) is 6.04 Å². The number of carbonyl (C=O) groups is 2. The number of nitrogens with one attached hydrogen (secondary N) is 1. The summed E-state index contributed by atoms with van der Waals surface area (Å²) in [5.41, 5.74) is 4.07. The van der Waals surface area contributed by atoms with Crippen LogP contribution in [0.1, 0.15) is 55.4 Å². The van der Waals surface area contributed by atoms with Crippen LogP contribution >= 0.6 is 11.6 Å². The van der Waals surface area contributed by atoms with Gasteiger partial charge in [0.05, 0.1) is 11.9 Å². The Kier molecular flexibility index (Phi) is 12.0. The molecule has 0 spiro atoms. The van der Waals surface area contributed by atoms with Gasteiger partial charge in [0.15, 0.2) is 0 Å². The summed E-state index contributed by atoms with van der Waals surface area (Å²) < 4.78 is 26.8. The Balaban J connectivity index is 1.91. The molecule has 0 aromatic heterocycles. The Morgan fingerprint density at radius 3 is 2.26 bits per heavy atom. The van der Waals surface area contributed by atoms with Crippen molar-refractivity contribution in [3.05, 3.63) is 100 Å². The monoisotopic (exact) mass is 611 g/mol. The Hall–Kier alpha value is -3.36. The summed E-state index contributed by atoms with van der Waals surface area (Å²) in [6.45, 7) is 8.07. The van der Waals surface area contributed by atoms with Gasteiger partial charge in [0, 0.05) is 37.0 Å². The van der Waals surface area contributed by atoms with Crippen molar-refractivity contribution in [2.75, 3.05) is 17.1 Å². The summed E-state index contributed by atoms with van der Waals surface area (Å²) in [4.78, 5) is 29.3. The lowest BCUT2D eigenvalue weighted by Gasteiger charge is -2.33. The predicted molar refractivity (Wildman–Crippen MR) is 171 cm³/mol. The summed E-state index contributed by atoms with van der Waals surface area (Å²) >= 11 is 6.28. The molecule has 2 atom stereocenters. The van der Waals surface area contributed by atoms with Gasteiger partial charge < -0.3 is 10.2 Å². The van der Waals surface area contributed by atoms with Gasteiger partial charge in [-0.1, -0.05) is 84.8 Å². The molecule has 1 N–H and O–H groups in total. The Morgan fingerprint density at radius 2 is 1.62 bits per heavy atom. The molecule has 0 bridgehead atoms. The fourth-order valence-corrected chi connectivity index (χ4v) is 6.04. The minimum atomic E-state index is -3.63.